The quantitative estimate of drug-likeness (QED) is 0.752. The average molecular weight is 242 g/mol. The monoisotopic (exact) mass is 242 g/mol. The van der Waals surface area contributed by atoms with E-state index < -0.39 is 0 Å². The van der Waals surface area contributed by atoms with Crippen LogP contribution in [-0.2, 0) is 0 Å². The van der Waals surface area contributed by atoms with Crippen LogP contribution >= 0.6 is 12.2 Å². The van der Waals surface area contributed by atoms with Gasteiger partial charge in [0, 0.05) is 19.0 Å². The first-order chi connectivity index (χ1) is 7.54. The molecule has 1 saturated carbocycles. The van der Waals surface area contributed by atoms with Crippen LogP contribution in [0.4, 0.5) is 0 Å². The van der Waals surface area contributed by atoms with Crippen molar-refractivity contribution in [3.63, 3.8) is 0 Å². The van der Waals surface area contributed by atoms with E-state index in [9.17, 15) is 0 Å². The second-order valence-electron chi connectivity index (χ2n) is 5.27. The Morgan fingerprint density at radius 1 is 1.31 bits per heavy atom. The highest BCUT2D eigenvalue weighted by molar-refractivity contribution is 7.80. The second kappa shape index (κ2) is 6.55. The molecule has 0 radical (unpaired) electrons. The topological polar surface area (TPSA) is 29.3 Å². The highest BCUT2D eigenvalue weighted by Crippen LogP contribution is 2.31. The molecule has 0 amide bonds. The molecule has 1 aliphatic carbocycles. The Labute approximate surface area is 106 Å². The lowest BCUT2D eigenvalue weighted by Gasteiger charge is -2.38. The van der Waals surface area contributed by atoms with Gasteiger partial charge in [-0.25, -0.2) is 0 Å². The number of hydrogen-bond acceptors (Lipinski definition) is 2. The van der Waals surface area contributed by atoms with Crippen LogP contribution in [0.25, 0.3) is 0 Å². The predicted octanol–water partition coefficient (Wildman–Crippen LogP) is 2.81. The zero-order valence-corrected chi connectivity index (χ0v) is 11.7. The Hall–Kier alpha value is -0.150. The molecule has 1 fully saturated rings. The van der Waals surface area contributed by atoms with E-state index in [1.807, 2.05) is 0 Å². The largest absolute Gasteiger partial charge is 0.393 e. The summed E-state index contributed by atoms with van der Waals surface area (Å²) in [5.74, 6) is 1.75. The summed E-state index contributed by atoms with van der Waals surface area (Å²) in [5.41, 5.74) is 5.58. The third kappa shape index (κ3) is 4.02. The summed E-state index contributed by atoms with van der Waals surface area (Å²) in [6.07, 6.45) is 4.92. The molecule has 0 aromatic heterocycles. The van der Waals surface area contributed by atoms with Crippen LogP contribution in [0.5, 0.6) is 0 Å². The van der Waals surface area contributed by atoms with Crippen molar-refractivity contribution in [1.82, 2.24) is 4.90 Å². The third-order valence-electron chi connectivity index (χ3n) is 4.14. The molecule has 16 heavy (non-hydrogen) atoms. The summed E-state index contributed by atoms with van der Waals surface area (Å²) in [6.45, 7) is 9.17. The van der Waals surface area contributed by atoms with E-state index in [-0.39, 0.29) is 0 Å². The van der Waals surface area contributed by atoms with Gasteiger partial charge in [-0.1, -0.05) is 33.0 Å². The highest BCUT2D eigenvalue weighted by Gasteiger charge is 2.27. The lowest BCUT2D eigenvalue weighted by atomic mass is 9.78. The Morgan fingerprint density at radius 2 is 2.00 bits per heavy atom. The van der Waals surface area contributed by atoms with Crippen LogP contribution in [-0.4, -0.2) is 29.0 Å². The molecule has 3 heteroatoms. The number of nitrogens with zero attached hydrogens (tertiary/aromatic N) is 1. The lowest BCUT2D eigenvalue weighted by molar-refractivity contribution is 0.116. The molecule has 3 atom stereocenters. The van der Waals surface area contributed by atoms with Crippen LogP contribution in [0.15, 0.2) is 0 Å². The minimum absolute atomic E-state index is 0.649. The van der Waals surface area contributed by atoms with E-state index in [1.54, 1.807) is 0 Å². The predicted molar refractivity (Wildman–Crippen MR) is 74.6 cm³/mol. The molecule has 0 spiro atoms. The Balaban J connectivity index is 2.43. The van der Waals surface area contributed by atoms with Gasteiger partial charge in [0.05, 0.1) is 4.99 Å². The number of hydrogen-bond donors (Lipinski definition) is 1. The van der Waals surface area contributed by atoms with Gasteiger partial charge in [0.1, 0.15) is 0 Å². The Morgan fingerprint density at radius 3 is 2.50 bits per heavy atom. The molecule has 94 valence electrons. The fourth-order valence-corrected chi connectivity index (χ4v) is 2.79. The van der Waals surface area contributed by atoms with E-state index in [1.165, 1.54) is 19.3 Å². The Bertz CT molecular complexity index is 230. The van der Waals surface area contributed by atoms with Crippen LogP contribution in [0.2, 0.25) is 0 Å². The lowest BCUT2D eigenvalue weighted by Crippen LogP contribution is -2.41. The SMILES string of the molecule is CCN(CCC(N)=S)C1CCC(C)C(C)C1. The summed E-state index contributed by atoms with van der Waals surface area (Å²) in [6, 6.07) is 0.755. The molecular weight excluding hydrogens is 216 g/mol. The minimum Gasteiger partial charge on any atom is -0.393 e. The molecule has 1 aliphatic rings. The molecule has 0 aromatic carbocycles. The first-order valence-corrected chi connectivity index (χ1v) is 6.97. The standard InChI is InChI=1S/C13H26N2S/c1-4-15(8-7-13(14)16)12-6-5-10(2)11(3)9-12/h10-12H,4-9H2,1-3H3,(H2,14,16). The first-order valence-electron chi connectivity index (χ1n) is 6.57. The van der Waals surface area contributed by atoms with Crippen LogP contribution in [0.3, 0.4) is 0 Å². The zero-order chi connectivity index (χ0) is 12.1. The molecule has 0 aliphatic heterocycles. The van der Waals surface area contributed by atoms with Crippen molar-refractivity contribution < 1.29 is 0 Å². The molecule has 2 N–H and O–H groups in total. The van der Waals surface area contributed by atoms with Gasteiger partial charge in [0.25, 0.3) is 0 Å². The van der Waals surface area contributed by atoms with Crippen LogP contribution in [0, 0.1) is 11.8 Å². The van der Waals surface area contributed by atoms with Crippen molar-refractivity contribution in [2.24, 2.45) is 17.6 Å². The van der Waals surface area contributed by atoms with Gasteiger partial charge in [-0.3, -0.25) is 0 Å². The highest BCUT2D eigenvalue weighted by atomic mass is 32.1. The summed E-state index contributed by atoms with van der Waals surface area (Å²) in [7, 11) is 0. The van der Waals surface area contributed by atoms with Gasteiger partial charge in [-0.05, 0) is 37.6 Å². The molecule has 0 saturated heterocycles. The van der Waals surface area contributed by atoms with Gasteiger partial charge in [-0.15, -0.1) is 0 Å². The van der Waals surface area contributed by atoms with Crippen molar-refractivity contribution in [2.75, 3.05) is 13.1 Å². The van der Waals surface area contributed by atoms with Crippen molar-refractivity contribution in [3.05, 3.63) is 0 Å². The smallest absolute Gasteiger partial charge is 0.0740 e. The van der Waals surface area contributed by atoms with Gasteiger partial charge >= 0.3 is 0 Å². The zero-order valence-electron chi connectivity index (χ0n) is 10.9. The maximum Gasteiger partial charge on any atom is 0.0740 e. The van der Waals surface area contributed by atoms with Crippen molar-refractivity contribution in [3.8, 4) is 0 Å². The van der Waals surface area contributed by atoms with E-state index >= 15 is 0 Å². The van der Waals surface area contributed by atoms with Gasteiger partial charge in [-0.2, -0.15) is 0 Å². The third-order valence-corrected chi connectivity index (χ3v) is 4.34. The normalized spacial score (nSPS) is 30.6. The average Bonchev–Trinajstić information content (AvgIpc) is 2.23. The summed E-state index contributed by atoms with van der Waals surface area (Å²) in [4.78, 5) is 3.21. The van der Waals surface area contributed by atoms with Gasteiger partial charge in [0.15, 0.2) is 0 Å². The molecular formula is C13H26N2S. The van der Waals surface area contributed by atoms with E-state index in [0.717, 1.165) is 37.4 Å². The van der Waals surface area contributed by atoms with Crippen LogP contribution < -0.4 is 5.73 Å². The first kappa shape index (κ1) is 13.9. The maximum absolute atomic E-state index is 5.58. The van der Waals surface area contributed by atoms with Crippen molar-refractivity contribution in [1.29, 1.82) is 0 Å². The molecule has 0 aromatic rings. The van der Waals surface area contributed by atoms with Crippen molar-refractivity contribution >= 4 is 17.2 Å². The summed E-state index contributed by atoms with van der Waals surface area (Å²) >= 11 is 4.96. The Kier molecular flexibility index (Phi) is 5.70. The molecule has 2 nitrogen and oxygen atoms in total. The number of rotatable bonds is 5. The summed E-state index contributed by atoms with van der Waals surface area (Å²) < 4.78 is 0. The second-order valence-corrected chi connectivity index (χ2v) is 5.79. The molecule has 1 rings (SSSR count). The molecule has 3 unspecified atom stereocenters. The fraction of sp³-hybridized carbons (Fsp3) is 0.923. The van der Waals surface area contributed by atoms with E-state index in [4.69, 9.17) is 18.0 Å². The van der Waals surface area contributed by atoms with E-state index in [2.05, 4.69) is 25.7 Å². The molecule has 0 heterocycles. The maximum atomic E-state index is 5.58. The number of nitrogens with two attached hydrogens (primary N) is 1. The summed E-state index contributed by atoms with van der Waals surface area (Å²) in [5, 5.41) is 0. The fourth-order valence-electron chi connectivity index (χ4n) is 2.70. The van der Waals surface area contributed by atoms with Crippen LogP contribution in [0.1, 0.15) is 46.5 Å². The van der Waals surface area contributed by atoms with Gasteiger partial charge in [0.2, 0.25) is 0 Å². The molecule has 0 bridgehead atoms. The van der Waals surface area contributed by atoms with Crippen molar-refractivity contribution in [2.45, 2.75) is 52.5 Å². The minimum atomic E-state index is 0.649. The number of thiocarbonyl (C=S) groups is 1. The van der Waals surface area contributed by atoms with Gasteiger partial charge < -0.3 is 10.6 Å². The van der Waals surface area contributed by atoms with E-state index in [0.29, 0.717) is 4.99 Å².